The first-order valence-corrected chi connectivity index (χ1v) is 14.9. The van der Waals surface area contributed by atoms with E-state index in [0.717, 1.165) is 0 Å². The molecule has 2 aromatic rings. The van der Waals surface area contributed by atoms with E-state index in [0.29, 0.717) is 27.0 Å². The molecule has 1 saturated heterocycles. The molecule has 1 spiro atoms. The van der Waals surface area contributed by atoms with Gasteiger partial charge in [-0.1, -0.05) is 55.3 Å². The van der Waals surface area contributed by atoms with Gasteiger partial charge in [0.1, 0.15) is 5.75 Å². The topological polar surface area (TPSA) is 106 Å². The van der Waals surface area contributed by atoms with Crippen LogP contribution in [0.25, 0.3) is 0 Å². The Morgan fingerprint density at radius 1 is 1.16 bits per heavy atom. The summed E-state index contributed by atoms with van der Waals surface area (Å²) in [6.07, 6.45) is 5.70. The maximum absolute atomic E-state index is 14.3. The number of benzene rings is 2. The summed E-state index contributed by atoms with van der Waals surface area (Å²) in [5.74, 6) is -2.18. The van der Waals surface area contributed by atoms with Crippen LogP contribution in [0.3, 0.4) is 0 Å². The van der Waals surface area contributed by atoms with Gasteiger partial charge in [-0.3, -0.25) is 14.0 Å². The number of anilines is 2. The summed E-state index contributed by atoms with van der Waals surface area (Å²) in [5.41, 5.74) is -0.254. The first kappa shape index (κ1) is 31.0. The number of amides is 2. The summed E-state index contributed by atoms with van der Waals surface area (Å²) in [5, 5.41) is 10.3. The Balaban J connectivity index is 1.61. The fraction of sp³-hybridized carbons (Fsp3) is 0.406. The van der Waals surface area contributed by atoms with Crippen LogP contribution in [0.1, 0.15) is 43.1 Å². The van der Waals surface area contributed by atoms with Gasteiger partial charge in [0.15, 0.2) is 0 Å². The number of nitrogens with one attached hydrogen (secondary N) is 3. The van der Waals surface area contributed by atoms with Gasteiger partial charge in [-0.2, -0.15) is 0 Å². The lowest BCUT2D eigenvalue weighted by atomic mass is 9.61. The van der Waals surface area contributed by atoms with E-state index in [2.05, 4.69) is 16.0 Å². The number of esters is 1. The third-order valence-electron chi connectivity index (χ3n) is 8.52. The van der Waals surface area contributed by atoms with Crippen molar-refractivity contribution in [3.8, 4) is 5.75 Å². The minimum absolute atomic E-state index is 0.214. The minimum Gasteiger partial charge on any atom is -0.495 e. The molecule has 1 aliphatic carbocycles. The molecule has 2 aromatic carbocycles. The molecule has 8 nitrogen and oxygen atoms in total. The van der Waals surface area contributed by atoms with Crippen molar-refractivity contribution in [1.29, 1.82) is 0 Å². The van der Waals surface area contributed by atoms with E-state index >= 15 is 0 Å². The summed E-state index contributed by atoms with van der Waals surface area (Å²) in [4.78, 5) is 40.7. The lowest BCUT2D eigenvalue weighted by Gasteiger charge is -2.39. The molecule has 43 heavy (non-hydrogen) atoms. The summed E-state index contributed by atoms with van der Waals surface area (Å²) >= 11 is 13.0. The first-order chi connectivity index (χ1) is 20.5. The largest absolute Gasteiger partial charge is 0.495 e. The molecule has 2 heterocycles. The highest BCUT2D eigenvalue weighted by Gasteiger charge is 2.67. The van der Waals surface area contributed by atoms with Gasteiger partial charge in [0, 0.05) is 33.6 Å². The Hall–Kier alpha value is -3.40. The van der Waals surface area contributed by atoms with Crippen molar-refractivity contribution in [2.24, 2.45) is 17.3 Å². The summed E-state index contributed by atoms with van der Waals surface area (Å²) in [7, 11) is 1.43. The number of hydrogen-bond donors (Lipinski definition) is 3. The van der Waals surface area contributed by atoms with Crippen molar-refractivity contribution in [2.45, 2.75) is 44.7 Å². The van der Waals surface area contributed by atoms with Crippen LogP contribution in [0.4, 0.5) is 15.8 Å². The average Bonchev–Trinajstić information content (AvgIpc) is 3.62. The summed E-state index contributed by atoms with van der Waals surface area (Å²) in [6, 6.07) is 8.22. The Morgan fingerprint density at radius 2 is 1.93 bits per heavy atom. The molecule has 2 amide bonds. The molecule has 1 fully saturated rings. The quantitative estimate of drug-likeness (QED) is 0.294. The number of fused-ring (bicyclic) bond motifs is 2. The standard InChI is InChI=1S/C32H34Cl2FN3O5/c1-5-43-29(40)17-9-12-22(24(13-17)42-4)36-28(39)27-26(19-7-6-8-21(19)34)32(25(38-27)15-31(2,3)16-35)20-11-10-18(33)14-23(20)37-30(32)41/h6-14,19,25-27,38H,5,15-16H2,1-4H3,(H,36,39)(H,37,41)/t19?,25-,26?,27+,32+/m0/s1. The van der Waals surface area contributed by atoms with E-state index in [1.54, 1.807) is 57.2 Å². The number of halogens is 3. The van der Waals surface area contributed by atoms with Gasteiger partial charge in [0.05, 0.1) is 43.1 Å². The van der Waals surface area contributed by atoms with E-state index in [-0.39, 0.29) is 30.2 Å². The zero-order chi connectivity index (χ0) is 31.1. The zero-order valence-electron chi connectivity index (χ0n) is 24.3. The fourth-order valence-corrected chi connectivity index (χ4v) is 7.07. The molecular weight excluding hydrogens is 596 g/mol. The summed E-state index contributed by atoms with van der Waals surface area (Å²) < 4.78 is 24.8. The third kappa shape index (κ3) is 5.43. The van der Waals surface area contributed by atoms with Gasteiger partial charge >= 0.3 is 5.97 Å². The highest BCUT2D eigenvalue weighted by atomic mass is 35.5. The van der Waals surface area contributed by atoms with Crippen molar-refractivity contribution < 1.29 is 28.2 Å². The SMILES string of the molecule is CCOC(=O)c1ccc(NC(=O)[C@@H]2N[C@@H](CC(C)(C)CF)[C@@]3(C(=O)Nc4cc(Cl)ccc43)C2C2C=CC=C2Cl)c(OC)c1. The summed E-state index contributed by atoms with van der Waals surface area (Å²) in [6.45, 7) is 4.89. The Kier molecular flexibility index (Phi) is 8.62. The second-order valence-corrected chi connectivity index (χ2v) is 12.7. The van der Waals surface area contributed by atoms with Crippen LogP contribution in [-0.2, 0) is 19.7 Å². The van der Waals surface area contributed by atoms with Gasteiger partial charge in [-0.25, -0.2) is 4.79 Å². The van der Waals surface area contributed by atoms with Gasteiger partial charge in [0.2, 0.25) is 11.8 Å². The van der Waals surface area contributed by atoms with Crippen LogP contribution in [0.15, 0.2) is 59.7 Å². The van der Waals surface area contributed by atoms with Crippen LogP contribution in [-0.4, -0.2) is 50.3 Å². The number of alkyl halides is 1. The van der Waals surface area contributed by atoms with Crippen molar-refractivity contribution in [3.05, 3.63) is 75.8 Å². The maximum atomic E-state index is 14.3. The predicted octanol–water partition coefficient (Wildman–Crippen LogP) is 6.01. The molecular formula is C32H34Cl2FN3O5. The molecule has 0 saturated carbocycles. The first-order valence-electron chi connectivity index (χ1n) is 14.1. The highest BCUT2D eigenvalue weighted by Crippen LogP contribution is 2.57. The Labute approximate surface area is 260 Å². The second-order valence-electron chi connectivity index (χ2n) is 11.8. The fourth-order valence-electron chi connectivity index (χ4n) is 6.62. The third-order valence-corrected chi connectivity index (χ3v) is 9.13. The number of carbonyl (C=O) groups excluding carboxylic acids is 3. The van der Waals surface area contributed by atoms with Gasteiger partial charge < -0.3 is 25.4 Å². The van der Waals surface area contributed by atoms with Crippen LogP contribution >= 0.6 is 23.2 Å². The molecule has 228 valence electrons. The monoisotopic (exact) mass is 629 g/mol. The number of methoxy groups -OCH3 is 1. The van der Waals surface area contributed by atoms with Crippen LogP contribution < -0.4 is 20.7 Å². The second kappa shape index (κ2) is 11.9. The van der Waals surface area contributed by atoms with Crippen LogP contribution in [0, 0.1) is 17.3 Å². The van der Waals surface area contributed by atoms with E-state index in [1.165, 1.54) is 19.2 Å². The Bertz CT molecular complexity index is 1530. The number of ether oxygens (including phenoxy) is 2. The van der Waals surface area contributed by atoms with Crippen molar-refractivity contribution in [1.82, 2.24) is 5.32 Å². The molecule has 5 rings (SSSR count). The van der Waals surface area contributed by atoms with Gasteiger partial charge in [0.25, 0.3) is 0 Å². The average molecular weight is 631 g/mol. The van der Waals surface area contributed by atoms with Crippen molar-refractivity contribution >= 4 is 52.4 Å². The van der Waals surface area contributed by atoms with Crippen molar-refractivity contribution in [3.63, 3.8) is 0 Å². The molecule has 3 N–H and O–H groups in total. The van der Waals surface area contributed by atoms with Gasteiger partial charge in [-0.15, -0.1) is 0 Å². The van der Waals surface area contributed by atoms with E-state index < -0.39 is 53.3 Å². The molecule has 0 radical (unpaired) electrons. The van der Waals surface area contributed by atoms with E-state index in [1.807, 2.05) is 6.08 Å². The molecule has 2 aliphatic heterocycles. The van der Waals surface area contributed by atoms with Crippen LogP contribution in [0.5, 0.6) is 5.75 Å². The molecule has 11 heteroatoms. The molecule has 2 unspecified atom stereocenters. The lowest BCUT2D eigenvalue weighted by Crippen LogP contribution is -2.52. The van der Waals surface area contributed by atoms with Crippen molar-refractivity contribution in [2.75, 3.05) is 31.0 Å². The normalized spacial score (nSPS) is 25.8. The molecule has 0 bridgehead atoms. The molecule has 5 atom stereocenters. The van der Waals surface area contributed by atoms with Crippen LogP contribution in [0.2, 0.25) is 5.02 Å². The number of carbonyl (C=O) groups is 3. The van der Waals surface area contributed by atoms with E-state index in [4.69, 9.17) is 32.7 Å². The predicted molar refractivity (Wildman–Crippen MR) is 164 cm³/mol. The molecule has 3 aliphatic rings. The smallest absolute Gasteiger partial charge is 0.338 e. The highest BCUT2D eigenvalue weighted by molar-refractivity contribution is 6.31. The van der Waals surface area contributed by atoms with Gasteiger partial charge in [-0.05, 0) is 60.7 Å². The number of allylic oxidation sites excluding steroid dienone is 4. The van der Waals surface area contributed by atoms with E-state index in [9.17, 15) is 18.8 Å². The lowest BCUT2D eigenvalue weighted by molar-refractivity contribution is -0.124. The minimum atomic E-state index is -1.28. The number of rotatable bonds is 9. The Morgan fingerprint density at radius 3 is 2.58 bits per heavy atom. The maximum Gasteiger partial charge on any atom is 0.338 e. The zero-order valence-corrected chi connectivity index (χ0v) is 25.8. The number of hydrogen-bond acceptors (Lipinski definition) is 6. The molecule has 0 aromatic heterocycles.